The second-order valence-electron chi connectivity index (χ2n) is 11.9. The summed E-state index contributed by atoms with van der Waals surface area (Å²) < 4.78 is 45.1. The number of rotatable bonds is 16. The predicted octanol–water partition coefficient (Wildman–Crippen LogP) is 6.58. The molecule has 9 nitrogen and oxygen atoms in total. The number of carbonyl (C=O) groups excluding carboxylic acids is 2. The first kappa shape index (κ1) is 37.0. The molecule has 1 aliphatic carbocycles. The molecule has 1 aliphatic heterocycles. The average Bonchev–Trinajstić information content (AvgIpc) is 3.72. The highest BCUT2D eigenvalue weighted by molar-refractivity contribution is 8.06. The average molecular weight is 687 g/mol. The summed E-state index contributed by atoms with van der Waals surface area (Å²) in [5.74, 6) is -0.436. The Bertz CT molecular complexity index is 1600. The number of hydrogen-bond acceptors (Lipinski definition) is 8. The number of allylic oxidation sites excluding steroid dienone is 6. The molecule has 1 unspecified atom stereocenters. The van der Waals surface area contributed by atoms with E-state index in [2.05, 4.69) is 37.9 Å². The molecular formula is C35H45F3N6O3S. The number of aryl methyl sites for hydroxylation is 1. The lowest BCUT2D eigenvalue weighted by Gasteiger charge is -2.32. The van der Waals surface area contributed by atoms with Crippen LogP contribution in [0.3, 0.4) is 0 Å². The van der Waals surface area contributed by atoms with Crippen molar-refractivity contribution in [2.45, 2.75) is 71.9 Å². The molecule has 1 aromatic carbocycles. The first-order valence-corrected chi connectivity index (χ1v) is 17.1. The van der Waals surface area contributed by atoms with Gasteiger partial charge >= 0.3 is 6.18 Å². The van der Waals surface area contributed by atoms with Crippen molar-refractivity contribution in [1.82, 2.24) is 30.9 Å². The van der Waals surface area contributed by atoms with Crippen molar-refractivity contribution in [3.8, 4) is 0 Å². The minimum absolute atomic E-state index is 0.242. The maximum Gasteiger partial charge on any atom is 0.405 e. The number of halogens is 3. The molecule has 0 saturated carbocycles. The zero-order chi connectivity index (χ0) is 34.9. The van der Waals surface area contributed by atoms with E-state index in [1.807, 2.05) is 69.3 Å². The Hall–Kier alpha value is -3.81. The third-order valence-electron chi connectivity index (χ3n) is 8.81. The van der Waals surface area contributed by atoms with Crippen molar-refractivity contribution in [2.75, 3.05) is 32.7 Å². The van der Waals surface area contributed by atoms with Gasteiger partial charge in [-0.25, -0.2) is 0 Å². The Kier molecular flexibility index (Phi) is 12.7. The fraction of sp³-hybridized carbons (Fsp3) is 0.457. The van der Waals surface area contributed by atoms with Crippen molar-refractivity contribution < 1.29 is 27.3 Å². The Morgan fingerprint density at radius 3 is 2.52 bits per heavy atom. The van der Waals surface area contributed by atoms with E-state index < -0.39 is 24.0 Å². The van der Waals surface area contributed by atoms with E-state index >= 15 is 0 Å². The number of nitrogens with zero attached hydrogens (tertiary/aromatic N) is 2. The maximum atomic E-state index is 13.7. The topological polar surface area (TPSA) is 112 Å². The van der Waals surface area contributed by atoms with Crippen molar-refractivity contribution in [2.24, 2.45) is 0 Å². The van der Waals surface area contributed by atoms with Crippen molar-refractivity contribution in [3.63, 3.8) is 0 Å². The molecule has 4 rings (SSSR count). The number of hydrazine groups is 1. The second-order valence-corrected chi connectivity index (χ2v) is 12.7. The van der Waals surface area contributed by atoms with Crippen LogP contribution in [0.5, 0.6) is 0 Å². The van der Waals surface area contributed by atoms with Gasteiger partial charge in [-0.15, -0.1) is 0 Å². The van der Waals surface area contributed by atoms with Crippen LogP contribution in [-0.4, -0.2) is 60.8 Å². The van der Waals surface area contributed by atoms with E-state index in [-0.39, 0.29) is 5.91 Å². The van der Waals surface area contributed by atoms with Crippen LogP contribution in [0.2, 0.25) is 0 Å². The number of amides is 2. The zero-order valence-corrected chi connectivity index (χ0v) is 29.0. The van der Waals surface area contributed by atoms with Crippen molar-refractivity contribution in [3.05, 3.63) is 88.0 Å². The molecule has 1 aromatic heterocycles. The quantitative estimate of drug-likeness (QED) is 0.0892. The summed E-state index contributed by atoms with van der Waals surface area (Å²) in [7, 11) is 0. The first-order chi connectivity index (χ1) is 22.9. The van der Waals surface area contributed by atoms with Crippen LogP contribution < -0.4 is 20.9 Å². The molecule has 0 spiro atoms. The van der Waals surface area contributed by atoms with Gasteiger partial charge in [0, 0.05) is 12.2 Å². The minimum atomic E-state index is -4.51. The van der Waals surface area contributed by atoms with Gasteiger partial charge in [-0.3, -0.25) is 9.59 Å². The molecular weight excluding hydrogens is 641 g/mol. The molecule has 0 saturated heterocycles. The van der Waals surface area contributed by atoms with E-state index in [4.69, 9.17) is 4.52 Å². The van der Waals surface area contributed by atoms with Crippen LogP contribution in [0.25, 0.3) is 10.5 Å². The lowest BCUT2D eigenvalue weighted by molar-refractivity contribution is -0.141. The van der Waals surface area contributed by atoms with Crippen LogP contribution in [0.4, 0.5) is 13.2 Å². The lowest BCUT2D eigenvalue weighted by atomic mass is 9.73. The number of nitrogens with one attached hydrogen (secondary N) is 4. The number of aromatic nitrogens is 1. The van der Waals surface area contributed by atoms with Gasteiger partial charge in [-0.05, 0) is 101 Å². The number of hydrogen-bond donors (Lipinski definition) is 4. The third kappa shape index (κ3) is 8.42. The Balaban J connectivity index is 1.37. The molecule has 48 heavy (non-hydrogen) atoms. The van der Waals surface area contributed by atoms with Gasteiger partial charge in [0.05, 0.1) is 16.0 Å². The fourth-order valence-corrected chi connectivity index (χ4v) is 7.05. The fourth-order valence-electron chi connectivity index (χ4n) is 6.30. The van der Waals surface area contributed by atoms with Gasteiger partial charge < -0.3 is 25.5 Å². The normalized spacial score (nSPS) is 18.0. The smallest absolute Gasteiger partial charge is 0.354 e. The Morgan fingerprint density at radius 2 is 1.83 bits per heavy atom. The standard InChI is InChI=1S/C35H45F3N6O3S/c1-6-8-9-15-26-23(3)34(28-17-11-10-16-27(26)28,33(46)40-22-35(36,37)38)18-12-13-20-44(7-2)21-14-19-39-32(45)29-24(4)42-47-30(29)31-25(5)41-43-48-31/h6,8-11,15-17,41,43H,7,12-14,18-22H2,1-5H3,(H,39,45)(H,40,46)/b8-6-,15-9-. The molecule has 0 bridgehead atoms. The summed E-state index contributed by atoms with van der Waals surface area (Å²) in [5, 5.41) is 9.19. The van der Waals surface area contributed by atoms with Crippen LogP contribution in [0.1, 0.15) is 86.3 Å². The molecule has 0 radical (unpaired) electrons. The number of carbonyl (C=O) groups is 2. The van der Waals surface area contributed by atoms with Gasteiger partial charge in [0.25, 0.3) is 5.91 Å². The summed E-state index contributed by atoms with van der Waals surface area (Å²) in [6.45, 7) is 10.8. The highest BCUT2D eigenvalue weighted by atomic mass is 32.2. The van der Waals surface area contributed by atoms with Gasteiger partial charge in [0.1, 0.15) is 12.1 Å². The highest BCUT2D eigenvalue weighted by Gasteiger charge is 2.48. The van der Waals surface area contributed by atoms with E-state index in [0.717, 1.165) is 65.4 Å². The van der Waals surface area contributed by atoms with Gasteiger partial charge in [0.2, 0.25) is 5.91 Å². The zero-order valence-electron chi connectivity index (χ0n) is 28.1. The van der Waals surface area contributed by atoms with Crippen molar-refractivity contribution >= 4 is 34.2 Å². The van der Waals surface area contributed by atoms with E-state index in [1.54, 1.807) is 6.92 Å². The molecule has 2 aliphatic rings. The van der Waals surface area contributed by atoms with Crippen LogP contribution in [-0.2, 0) is 10.2 Å². The summed E-state index contributed by atoms with van der Waals surface area (Å²) in [6, 6.07) is 7.50. The third-order valence-corrected chi connectivity index (χ3v) is 9.71. The summed E-state index contributed by atoms with van der Waals surface area (Å²) in [4.78, 5) is 32.8. The molecule has 2 heterocycles. The largest absolute Gasteiger partial charge is 0.405 e. The van der Waals surface area contributed by atoms with Crippen molar-refractivity contribution in [1.29, 1.82) is 0 Å². The number of fused-ring (bicyclic) bond motifs is 1. The van der Waals surface area contributed by atoms with Crippen LogP contribution >= 0.6 is 11.9 Å². The Labute approximate surface area is 284 Å². The minimum Gasteiger partial charge on any atom is -0.354 e. The molecule has 2 aromatic rings. The van der Waals surface area contributed by atoms with E-state index in [1.165, 1.54) is 11.9 Å². The van der Waals surface area contributed by atoms with E-state index in [9.17, 15) is 22.8 Å². The SMILES string of the molecule is C/C=C\C=C/C1=C(C)C(CCCCN(CC)CCCNC(=O)c2c(C)noc2C2=C(C)NNS2)(C(=O)NCC(F)(F)F)c2ccccc21. The first-order valence-electron chi connectivity index (χ1n) is 16.3. The molecule has 2 amide bonds. The second kappa shape index (κ2) is 16.5. The lowest BCUT2D eigenvalue weighted by Crippen LogP contribution is -2.47. The molecule has 1 atom stereocenters. The molecule has 0 fully saturated rings. The highest BCUT2D eigenvalue weighted by Crippen LogP contribution is 2.50. The predicted molar refractivity (Wildman–Crippen MR) is 184 cm³/mol. The number of benzene rings is 1. The molecule has 4 N–H and O–H groups in total. The number of alkyl halides is 3. The maximum absolute atomic E-state index is 13.7. The van der Waals surface area contributed by atoms with Gasteiger partial charge in [0.15, 0.2) is 5.76 Å². The van der Waals surface area contributed by atoms with Crippen LogP contribution in [0, 0.1) is 6.92 Å². The monoisotopic (exact) mass is 686 g/mol. The Morgan fingerprint density at radius 1 is 1.08 bits per heavy atom. The molecule has 260 valence electrons. The summed E-state index contributed by atoms with van der Waals surface area (Å²) in [6.07, 6.45) is 5.57. The summed E-state index contributed by atoms with van der Waals surface area (Å²) in [5.41, 5.74) is 6.79. The summed E-state index contributed by atoms with van der Waals surface area (Å²) >= 11 is 1.33. The number of unbranched alkanes of at least 4 members (excludes halogenated alkanes) is 1. The van der Waals surface area contributed by atoms with E-state index in [0.29, 0.717) is 36.4 Å². The molecule has 13 heteroatoms. The van der Waals surface area contributed by atoms with Crippen LogP contribution in [0.15, 0.2) is 64.4 Å². The van der Waals surface area contributed by atoms with Gasteiger partial charge in [-0.2, -0.15) is 18.0 Å². The van der Waals surface area contributed by atoms with Gasteiger partial charge in [-0.1, -0.05) is 67.1 Å².